The molecule has 0 saturated carbocycles. The van der Waals surface area contributed by atoms with Crippen molar-refractivity contribution in [2.75, 3.05) is 11.4 Å². The van der Waals surface area contributed by atoms with E-state index in [9.17, 15) is 28.7 Å². The highest BCUT2D eigenvalue weighted by molar-refractivity contribution is 6.01. The molecular formula is C22H22FN3O5. The van der Waals surface area contributed by atoms with E-state index < -0.39 is 41.6 Å². The molecule has 2 aromatic rings. The lowest BCUT2D eigenvalue weighted by molar-refractivity contribution is -0.142. The molecule has 0 bridgehead atoms. The van der Waals surface area contributed by atoms with Gasteiger partial charge in [0.25, 0.3) is 0 Å². The van der Waals surface area contributed by atoms with Crippen LogP contribution in [0, 0.1) is 11.7 Å². The molecule has 8 nitrogen and oxygen atoms in total. The summed E-state index contributed by atoms with van der Waals surface area (Å²) in [5, 5.41) is 14.4. The maximum absolute atomic E-state index is 13.1. The molecule has 162 valence electrons. The molecule has 3 atom stereocenters. The molecule has 3 N–H and O–H groups in total. The van der Waals surface area contributed by atoms with Crippen molar-refractivity contribution in [3.8, 4) is 0 Å². The van der Waals surface area contributed by atoms with E-state index in [1.54, 1.807) is 30.3 Å². The number of nitrogens with one attached hydrogen (secondary N) is 2. The summed E-state index contributed by atoms with van der Waals surface area (Å²) in [4.78, 5) is 50.3. The highest BCUT2D eigenvalue weighted by Crippen LogP contribution is 2.25. The summed E-state index contributed by atoms with van der Waals surface area (Å²) in [6.07, 6.45) is -0.0423. The zero-order valence-corrected chi connectivity index (χ0v) is 16.7. The van der Waals surface area contributed by atoms with E-state index >= 15 is 0 Å². The fourth-order valence-electron chi connectivity index (χ4n) is 3.35. The third-order valence-electron chi connectivity index (χ3n) is 5.05. The van der Waals surface area contributed by atoms with Crippen molar-refractivity contribution >= 4 is 29.4 Å². The van der Waals surface area contributed by atoms with Crippen LogP contribution in [0.25, 0.3) is 0 Å². The molecule has 9 heteroatoms. The molecule has 1 saturated heterocycles. The minimum atomic E-state index is -1.25. The van der Waals surface area contributed by atoms with Crippen LogP contribution >= 0.6 is 0 Å². The zero-order valence-electron chi connectivity index (χ0n) is 16.7. The van der Waals surface area contributed by atoms with E-state index in [0.29, 0.717) is 11.3 Å². The van der Waals surface area contributed by atoms with Crippen molar-refractivity contribution in [2.45, 2.75) is 25.4 Å². The van der Waals surface area contributed by atoms with Gasteiger partial charge in [-0.1, -0.05) is 30.3 Å². The van der Waals surface area contributed by atoms with Crippen molar-refractivity contribution in [3.05, 3.63) is 66.0 Å². The summed E-state index contributed by atoms with van der Waals surface area (Å²) < 4.78 is 13.1. The number of rotatable bonds is 7. The molecule has 3 rings (SSSR count). The number of carbonyl (C=O) groups excluding carboxylic acids is 3. The second-order valence-corrected chi connectivity index (χ2v) is 7.30. The summed E-state index contributed by atoms with van der Waals surface area (Å²) >= 11 is 0. The van der Waals surface area contributed by atoms with Crippen LogP contribution < -0.4 is 15.5 Å². The Morgan fingerprint density at radius 2 is 1.71 bits per heavy atom. The van der Waals surface area contributed by atoms with Crippen LogP contribution in [0.2, 0.25) is 0 Å². The average Bonchev–Trinajstić information content (AvgIpc) is 3.14. The number of halogens is 1. The molecule has 0 aromatic heterocycles. The monoisotopic (exact) mass is 427 g/mol. The fraction of sp³-hybridized carbons (Fsp3) is 0.273. The smallest absolute Gasteiger partial charge is 0.330 e. The van der Waals surface area contributed by atoms with Crippen LogP contribution in [0.3, 0.4) is 0 Å². The Hall–Kier alpha value is -3.75. The average molecular weight is 427 g/mol. The lowest BCUT2D eigenvalue weighted by Gasteiger charge is -2.20. The lowest BCUT2D eigenvalue weighted by Crippen LogP contribution is -2.49. The van der Waals surface area contributed by atoms with Gasteiger partial charge in [-0.2, -0.15) is 0 Å². The number of aliphatic carboxylic acids is 1. The van der Waals surface area contributed by atoms with Crippen LogP contribution in [-0.4, -0.2) is 41.4 Å². The number of anilines is 1. The molecule has 0 radical (unpaired) electrons. The molecule has 3 amide bonds. The topological polar surface area (TPSA) is 116 Å². The van der Waals surface area contributed by atoms with Crippen LogP contribution in [0.5, 0.6) is 0 Å². The second kappa shape index (κ2) is 9.38. The SMILES string of the molecule is C[C@H](NC(=O)C1CC(=O)N(c2ccc(F)cc2)C1)C(=O)N[C@@H](C(=O)O)c1ccccc1. The second-order valence-electron chi connectivity index (χ2n) is 7.30. The highest BCUT2D eigenvalue weighted by atomic mass is 19.1. The minimum absolute atomic E-state index is 0.0423. The van der Waals surface area contributed by atoms with Gasteiger partial charge in [-0.25, -0.2) is 9.18 Å². The van der Waals surface area contributed by atoms with Gasteiger partial charge in [0.2, 0.25) is 17.7 Å². The fourth-order valence-corrected chi connectivity index (χ4v) is 3.35. The van der Waals surface area contributed by atoms with Gasteiger partial charge in [0, 0.05) is 18.7 Å². The van der Waals surface area contributed by atoms with Gasteiger partial charge in [-0.15, -0.1) is 0 Å². The predicted molar refractivity (Wildman–Crippen MR) is 109 cm³/mol. The molecule has 1 heterocycles. The third-order valence-corrected chi connectivity index (χ3v) is 5.05. The van der Waals surface area contributed by atoms with Gasteiger partial charge in [-0.3, -0.25) is 14.4 Å². The summed E-state index contributed by atoms with van der Waals surface area (Å²) in [6.45, 7) is 1.54. The number of hydrogen-bond acceptors (Lipinski definition) is 4. The van der Waals surface area contributed by atoms with Gasteiger partial charge in [0.05, 0.1) is 5.92 Å². The Morgan fingerprint density at radius 1 is 1.06 bits per heavy atom. The quantitative estimate of drug-likeness (QED) is 0.621. The first-order chi connectivity index (χ1) is 14.8. The molecule has 0 spiro atoms. The van der Waals surface area contributed by atoms with E-state index in [1.165, 1.54) is 36.1 Å². The molecule has 0 aliphatic carbocycles. The first-order valence-electron chi connectivity index (χ1n) is 9.70. The largest absolute Gasteiger partial charge is 0.479 e. The maximum atomic E-state index is 13.1. The number of nitrogens with zero attached hydrogens (tertiary/aromatic N) is 1. The Balaban J connectivity index is 1.59. The van der Waals surface area contributed by atoms with Gasteiger partial charge in [0.1, 0.15) is 11.9 Å². The number of hydrogen-bond donors (Lipinski definition) is 3. The molecule has 1 unspecified atom stereocenters. The highest BCUT2D eigenvalue weighted by Gasteiger charge is 2.36. The summed E-state index contributed by atoms with van der Waals surface area (Å²) in [7, 11) is 0. The molecule has 2 aromatic carbocycles. The van der Waals surface area contributed by atoms with Crippen molar-refractivity contribution in [1.82, 2.24) is 10.6 Å². The minimum Gasteiger partial charge on any atom is -0.479 e. The van der Waals surface area contributed by atoms with Gasteiger partial charge < -0.3 is 20.6 Å². The van der Waals surface area contributed by atoms with E-state index in [4.69, 9.17) is 0 Å². The van der Waals surface area contributed by atoms with Crippen LogP contribution in [0.15, 0.2) is 54.6 Å². The molecule has 1 aliphatic heterocycles. The Labute approximate surface area is 178 Å². The lowest BCUT2D eigenvalue weighted by atomic mass is 10.1. The predicted octanol–water partition coefficient (Wildman–Crippen LogP) is 1.63. The number of carbonyl (C=O) groups is 4. The number of carboxylic acids is 1. The maximum Gasteiger partial charge on any atom is 0.330 e. The number of amides is 3. The van der Waals surface area contributed by atoms with Crippen LogP contribution in [0.4, 0.5) is 10.1 Å². The number of benzene rings is 2. The summed E-state index contributed by atoms with van der Waals surface area (Å²) in [5.74, 6) is -3.78. The van der Waals surface area contributed by atoms with Crippen molar-refractivity contribution < 1.29 is 28.7 Å². The van der Waals surface area contributed by atoms with Gasteiger partial charge in [0.15, 0.2) is 6.04 Å². The van der Waals surface area contributed by atoms with Crippen molar-refractivity contribution in [1.29, 1.82) is 0 Å². The van der Waals surface area contributed by atoms with Gasteiger partial charge in [-0.05, 0) is 36.8 Å². The Kier molecular flexibility index (Phi) is 6.64. The molecular weight excluding hydrogens is 405 g/mol. The van der Waals surface area contributed by atoms with Gasteiger partial charge >= 0.3 is 5.97 Å². The van der Waals surface area contributed by atoms with Crippen LogP contribution in [-0.2, 0) is 19.2 Å². The summed E-state index contributed by atoms with van der Waals surface area (Å²) in [5.41, 5.74) is 0.887. The van der Waals surface area contributed by atoms with E-state index in [0.717, 1.165) is 0 Å². The van der Waals surface area contributed by atoms with E-state index in [-0.39, 0.29) is 18.9 Å². The standard InChI is InChI=1S/C22H22FN3O5/c1-13(20(28)25-19(22(30)31)14-5-3-2-4-6-14)24-21(29)15-11-18(27)26(12-15)17-9-7-16(23)8-10-17/h2-10,13,15,19H,11-12H2,1H3,(H,24,29)(H,25,28)(H,30,31)/t13-,15?,19+/m0/s1. The third kappa shape index (κ3) is 5.25. The Bertz CT molecular complexity index is 980. The van der Waals surface area contributed by atoms with Crippen molar-refractivity contribution in [2.24, 2.45) is 5.92 Å². The van der Waals surface area contributed by atoms with Crippen molar-refractivity contribution in [3.63, 3.8) is 0 Å². The van der Waals surface area contributed by atoms with Crippen LogP contribution in [0.1, 0.15) is 24.9 Å². The normalized spacial score (nSPS) is 17.7. The molecule has 1 fully saturated rings. The Morgan fingerprint density at radius 3 is 2.32 bits per heavy atom. The first kappa shape index (κ1) is 21.9. The molecule has 31 heavy (non-hydrogen) atoms. The number of carboxylic acid groups (broad SMARTS) is 1. The summed E-state index contributed by atoms with van der Waals surface area (Å²) in [6, 6.07) is 11.3. The molecule has 1 aliphatic rings. The zero-order chi connectivity index (χ0) is 22.5. The van der Waals surface area contributed by atoms with E-state index in [1.807, 2.05) is 0 Å². The first-order valence-corrected chi connectivity index (χ1v) is 9.70. The van der Waals surface area contributed by atoms with E-state index in [2.05, 4.69) is 10.6 Å².